The van der Waals surface area contributed by atoms with Crippen LogP contribution < -0.4 is 5.73 Å². The monoisotopic (exact) mass is 245 g/mol. The van der Waals surface area contributed by atoms with Crippen LogP contribution in [0.5, 0.6) is 0 Å². The van der Waals surface area contributed by atoms with E-state index in [9.17, 15) is 4.79 Å². The van der Waals surface area contributed by atoms with Crippen molar-refractivity contribution in [3.63, 3.8) is 0 Å². The fraction of sp³-hybridized carbons (Fsp3) is 0.231. The van der Waals surface area contributed by atoms with E-state index in [0.29, 0.717) is 18.7 Å². The molecule has 0 amide bonds. The molecular weight excluding hydrogens is 230 g/mol. The van der Waals surface area contributed by atoms with E-state index in [-0.39, 0.29) is 5.97 Å². The number of rotatable bonds is 4. The van der Waals surface area contributed by atoms with Crippen molar-refractivity contribution >= 4 is 5.97 Å². The van der Waals surface area contributed by atoms with Gasteiger partial charge in [0, 0.05) is 19.3 Å². The standard InChI is InChI=1S/C13H15N3O2/c1-18-13(17)11-4-2-10(3-5-11)7-16-8-12(6-14)15-9-16/h2-5,8-9H,6-7,14H2,1H3. The van der Waals surface area contributed by atoms with E-state index in [0.717, 1.165) is 11.3 Å². The lowest BCUT2D eigenvalue weighted by molar-refractivity contribution is 0.0600. The van der Waals surface area contributed by atoms with Crippen LogP contribution in [0, 0.1) is 0 Å². The Morgan fingerprint density at radius 2 is 2.11 bits per heavy atom. The molecule has 5 nitrogen and oxygen atoms in total. The van der Waals surface area contributed by atoms with Crippen molar-refractivity contribution in [3.8, 4) is 0 Å². The molecule has 0 aliphatic heterocycles. The first-order valence-electron chi connectivity index (χ1n) is 5.61. The largest absolute Gasteiger partial charge is 0.465 e. The molecular formula is C13H15N3O2. The van der Waals surface area contributed by atoms with Gasteiger partial charge >= 0.3 is 5.97 Å². The first kappa shape index (κ1) is 12.3. The number of ether oxygens (including phenoxy) is 1. The van der Waals surface area contributed by atoms with Crippen LogP contribution in [0.25, 0.3) is 0 Å². The maximum atomic E-state index is 11.3. The van der Waals surface area contributed by atoms with Gasteiger partial charge < -0.3 is 15.0 Å². The highest BCUT2D eigenvalue weighted by atomic mass is 16.5. The Morgan fingerprint density at radius 3 is 2.67 bits per heavy atom. The summed E-state index contributed by atoms with van der Waals surface area (Å²) in [5.74, 6) is -0.324. The number of nitrogens with two attached hydrogens (primary N) is 1. The maximum Gasteiger partial charge on any atom is 0.337 e. The number of imidazole rings is 1. The van der Waals surface area contributed by atoms with Gasteiger partial charge in [-0.25, -0.2) is 9.78 Å². The van der Waals surface area contributed by atoms with Crippen LogP contribution in [0.3, 0.4) is 0 Å². The lowest BCUT2D eigenvalue weighted by Gasteiger charge is -2.04. The number of carbonyl (C=O) groups is 1. The molecule has 0 atom stereocenters. The summed E-state index contributed by atoms with van der Waals surface area (Å²) < 4.78 is 6.60. The normalized spacial score (nSPS) is 10.3. The highest BCUT2D eigenvalue weighted by Gasteiger charge is 2.04. The number of esters is 1. The highest BCUT2D eigenvalue weighted by Crippen LogP contribution is 2.08. The van der Waals surface area contributed by atoms with Gasteiger partial charge in [0.05, 0.1) is 24.7 Å². The molecule has 2 aromatic rings. The molecule has 0 aliphatic carbocycles. The molecule has 18 heavy (non-hydrogen) atoms. The average Bonchev–Trinajstić information content (AvgIpc) is 2.86. The van der Waals surface area contributed by atoms with Gasteiger partial charge in [-0.1, -0.05) is 12.1 Å². The van der Waals surface area contributed by atoms with Crippen LogP contribution in [0.4, 0.5) is 0 Å². The third-order valence-corrected chi connectivity index (χ3v) is 2.64. The molecule has 0 radical (unpaired) electrons. The van der Waals surface area contributed by atoms with Gasteiger partial charge in [0.15, 0.2) is 0 Å². The SMILES string of the molecule is COC(=O)c1ccc(Cn2cnc(CN)c2)cc1. The van der Waals surface area contributed by atoms with Crippen LogP contribution in [0.1, 0.15) is 21.6 Å². The van der Waals surface area contributed by atoms with Gasteiger partial charge in [-0.05, 0) is 17.7 Å². The molecule has 94 valence electrons. The summed E-state index contributed by atoms with van der Waals surface area (Å²) in [6.07, 6.45) is 3.66. The lowest BCUT2D eigenvalue weighted by atomic mass is 10.1. The Balaban J connectivity index is 2.08. The summed E-state index contributed by atoms with van der Waals surface area (Å²) in [4.78, 5) is 15.4. The molecule has 1 aromatic carbocycles. The van der Waals surface area contributed by atoms with Crippen molar-refractivity contribution in [1.82, 2.24) is 9.55 Å². The molecule has 0 bridgehead atoms. The maximum absolute atomic E-state index is 11.3. The molecule has 5 heteroatoms. The second kappa shape index (κ2) is 5.46. The minimum Gasteiger partial charge on any atom is -0.465 e. The van der Waals surface area contributed by atoms with Crippen LogP contribution in [0.2, 0.25) is 0 Å². The topological polar surface area (TPSA) is 70.1 Å². The van der Waals surface area contributed by atoms with Crippen LogP contribution in [-0.2, 0) is 17.8 Å². The van der Waals surface area contributed by atoms with Crippen molar-refractivity contribution in [3.05, 3.63) is 53.6 Å². The second-order valence-corrected chi connectivity index (χ2v) is 3.93. The summed E-state index contributed by atoms with van der Waals surface area (Å²) in [5, 5.41) is 0. The molecule has 0 fully saturated rings. The van der Waals surface area contributed by atoms with Gasteiger partial charge in [0.25, 0.3) is 0 Å². The zero-order valence-corrected chi connectivity index (χ0v) is 10.2. The Kier molecular flexibility index (Phi) is 3.74. The van der Waals surface area contributed by atoms with Crippen LogP contribution in [-0.4, -0.2) is 22.6 Å². The molecule has 0 unspecified atom stereocenters. The van der Waals surface area contributed by atoms with E-state index in [1.54, 1.807) is 18.5 Å². The van der Waals surface area contributed by atoms with E-state index in [1.165, 1.54) is 7.11 Å². The van der Waals surface area contributed by atoms with Crippen molar-refractivity contribution in [2.24, 2.45) is 5.73 Å². The zero-order valence-electron chi connectivity index (χ0n) is 10.2. The van der Waals surface area contributed by atoms with E-state index in [2.05, 4.69) is 9.72 Å². The number of benzene rings is 1. The van der Waals surface area contributed by atoms with Crippen molar-refractivity contribution < 1.29 is 9.53 Å². The first-order chi connectivity index (χ1) is 8.72. The molecule has 2 rings (SSSR count). The summed E-state index contributed by atoms with van der Waals surface area (Å²) in [6.45, 7) is 1.14. The number of methoxy groups -OCH3 is 1. The number of aromatic nitrogens is 2. The van der Waals surface area contributed by atoms with E-state index >= 15 is 0 Å². The molecule has 2 N–H and O–H groups in total. The van der Waals surface area contributed by atoms with Gasteiger partial charge in [-0.3, -0.25) is 0 Å². The predicted molar refractivity (Wildman–Crippen MR) is 67.0 cm³/mol. The molecule has 0 spiro atoms. The number of nitrogens with zero attached hydrogens (tertiary/aromatic N) is 2. The summed E-state index contributed by atoms with van der Waals surface area (Å²) in [6, 6.07) is 7.30. The summed E-state index contributed by atoms with van der Waals surface area (Å²) in [7, 11) is 1.37. The first-order valence-corrected chi connectivity index (χ1v) is 5.61. The number of hydrogen-bond acceptors (Lipinski definition) is 4. The third-order valence-electron chi connectivity index (χ3n) is 2.64. The third kappa shape index (κ3) is 2.75. The molecule has 0 saturated carbocycles. The minimum absolute atomic E-state index is 0.324. The summed E-state index contributed by atoms with van der Waals surface area (Å²) >= 11 is 0. The Bertz CT molecular complexity index is 531. The quantitative estimate of drug-likeness (QED) is 0.821. The van der Waals surface area contributed by atoms with E-state index in [4.69, 9.17) is 5.73 Å². The summed E-state index contributed by atoms with van der Waals surface area (Å²) in [5.41, 5.74) is 8.00. The highest BCUT2D eigenvalue weighted by molar-refractivity contribution is 5.89. The molecule has 1 aromatic heterocycles. The van der Waals surface area contributed by atoms with E-state index in [1.807, 2.05) is 22.9 Å². The van der Waals surface area contributed by atoms with Crippen LogP contribution >= 0.6 is 0 Å². The van der Waals surface area contributed by atoms with Crippen molar-refractivity contribution in [1.29, 1.82) is 0 Å². The van der Waals surface area contributed by atoms with Crippen molar-refractivity contribution in [2.45, 2.75) is 13.1 Å². The molecule has 0 saturated heterocycles. The van der Waals surface area contributed by atoms with Gasteiger partial charge in [-0.2, -0.15) is 0 Å². The molecule has 0 aliphatic rings. The Labute approximate surface area is 105 Å². The van der Waals surface area contributed by atoms with Gasteiger partial charge in [-0.15, -0.1) is 0 Å². The average molecular weight is 245 g/mol. The van der Waals surface area contributed by atoms with Crippen molar-refractivity contribution in [2.75, 3.05) is 7.11 Å². The fourth-order valence-corrected chi connectivity index (χ4v) is 1.67. The van der Waals surface area contributed by atoms with Gasteiger partial charge in [0.2, 0.25) is 0 Å². The zero-order chi connectivity index (χ0) is 13.0. The smallest absolute Gasteiger partial charge is 0.337 e. The lowest BCUT2D eigenvalue weighted by Crippen LogP contribution is -2.02. The number of hydrogen-bond donors (Lipinski definition) is 1. The molecule has 1 heterocycles. The fourth-order valence-electron chi connectivity index (χ4n) is 1.67. The number of carbonyl (C=O) groups excluding carboxylic acids is 1. The second-order valence-electron chi connectivity index (χ2n) is 3.93. The van der Waals surface area contributed by atoms with E-state index < -0.39 is 0 Å². The Hall–Kier alpha value is -2.14. The van der Waals surface area contributed by atoms with Gasteiger partial charge in [0.1, 0.15) is 0 Å². The van der Waals surface area contributed by atoms with Crippen LogP contribution in [0.15, 0.2) is 36.8 Å². The predicted octanol–water partition coefficient (Wildman–Crippen LogP) is 1.18. The Morgan fingerprint density at radius 1 is 1.39 bits per heavy atom. The minimum atomic E-state index is -0.324.